The Balaban J connectivity index is 1.37. The maximum atomic E-state index is 13.0. The van der Waals surface area contributed by atoms with Gasteiger partial charge in [0.1, 0.15) is 18.7 Å². The van der Waals surface area contributed by atoms with Gasteiger partial charge in [0.15, 0.2) is 0 Å². The number of nitrogens with one attached hydrogen (secondary N) is 2. The third kappa shape index (κ3) is 6.13. The Labute approximate surface area is 192 Å². The molecule has 33 heavy (non-hydrogen) atoms. The summed E-state index contributed by atoms with van der Waals surface area (Å²) in [7, 11) is 0. The highest BCUT2D eigenvalue weighted by molar-refractivity contribution is 5.94. The van der Waals surface area contributed by atoms with Crippen LogP contribution in [0.5, 0.6) is 0 Å². The summed E-state index contributed by atoms with van der Waals surface area (Å²) in [5, 5.41) is 9.77. The van der Waals surface area contributed by atoms with Gasteiger partial charge in [-0.25, -0.2) is 14.5 Å². The number of ether oxygens (including phenoxy) is 1. The SMILES string of the molecule is C[C@@H](C(=O)Nc1ccc(NC(=O)N(Cc2cccnc2)C[C@@H]2CCCO2)cc1)n1cncn1. The minimum Gasteiger partial charge on any atom is -0.376 e. The molecule has 2 N–H and O–H groups in total. The van der Waals surface area contributed by atoms with E-state index in [1.807, 2.05) is 12.1 Å². The molecular weight excluding hydrogens is 422 g/mol. The van der Waals surface area contributed by atoms with E-state index in [0.717, 1.165) is 25.0 Å². The number of nitrogens with zero attached hydrogens (tertiary/aromatic N) is 5. The first kappa shape index (κ1) is 22.4. The molecule has 10 heteroatoms. The van der Waals surface area contributed by atoms with Crippen molar-refractivity contribution >= 4 is 23.3 Å². The Morgan fingerprint density at radius 2 is 1.97 bits per heavy atom. The third-order valence-electron chi connectivity index (χ3n) is 5.45. The first-order valence-corrected chi connectivity index (χ1v) is 10.9. The molecule has 0 spiro atoms. The lowest BCUT2D eigenvalue weighted by Crippen LogP contribution is -2.39. The number of urea groups is 1. The number of carbonyl (C=O) groups is 2. The molecule has 2 aromatic heterocycles. The lowest BCUT2D eigenvalue weighted by Gasteiger charge is -2.26. The van der Waals surface area contributed by atoms with Gasteiger partial charge in [-0.1, -0.05) is 6.07 Å². The Kier molecular flexibility index (Phi) is 7.26. The number of rotatable bonds is 8. The van der Waals surface area contributed by atoms with E-state index in [0.29, 0.717) is 24.5 Å². The van der Waals surface area contributed by atoms with Crippen molar-refractivity contribution in [3.8, 4) is 0 Å². The van der Waals surface area contributed by atoms with Crippen LogP contribution in [0, 0.1) is 0 Å². The fourth-order valence-electron chi connectivity index (χ4n) is 3.59. The molecule has 0 aliphatic carbocycles. The quantitative estimate of drug-likeness (QED) is 0.546. The predicted octanol–water partition coefficient (Wildman–Crippen LogP) is 3.09. The number of carbonyl (C=O) groups excluding carboxylic acids is 2. The van der Waals surface area contributed by atoms with Crippen LogP contribution in [-0.4, -0.2) is 55.8 Å². The van der Waals surface area contributed by atoms with E-state index < -0.39 is 6.04 Å². The molecule has 10 nitrogen and oxygen atoms in total. The van der Waals surface area contributed by atoms with Crippen molar-refractivity contribution in [2.24, 2.45) is 0 Å². The van der Waals surface area contributed by atoms with Crippen LogP contribution in [0.15, 0.2) is 61.4 Å². The van der Waals surface area contributed by atoms with E-state index in [2.05, 4.69) is 25.7 Å². The highest BCUT2D eigenvalue weighted by atomic mass is 16.5. The first-order chi connectivity index (χ1) is 16.1. The van der Waals surface area contributed by atoms with Gasteiger partial charge in [-0.15, -0.1) is 0 Å². The first-order valence-electron chi connectivity index (χ1n) is 10.9. The lowest BCUT2D eigenvalue weighted by atomic mass is 10.2. The average Bonchev–Trinajstić information content (AvgIpc) is 3.55. The van der Waals surface area contributed by atoms with Gasteiger partial charge in [-0.3, -0.25) is 9.78 Å². The molecule has 1 saturated heterocycles. The minimum atomic E-state index is -0.495. The zero-order chi connectivity index (χ0) is 23.0. The summed E-state index contributed by atoms with van der Waals surface area (Å²) in [6, 6.07) is 10.1. The van der Waals surface area contributed by atoms with Crippen LogP contribution in [0.3, 0.4) is 0 Å². The standard InChI is InChI=1S/C23H27N7O3/c1-17(30-16-25-15-26-30)22(31)27-19-6-8-20(9-7-19)28-23(32)29(14-21-5-3-11-33-21)13-18-4-2-10-24-12-18/h2,4,6-10,12,15-17,21H,3,5,11,13-14H2,1H3,(H,27,31)(H,28,32)/t17-,21-/m0/s1. The molecule has 3 amide bonds. The van der Waals surface area contributed by atoms with Gasteiger partial charge in [0.25, 0.3) is 0 Å². The number of pyridine rings is 1. The summed E-state index contributed by atoms with van der Waals surface area (Å²) in [5.41, 5.74) is 2.20. The summed E-state index contributed by atoms with van der Waals surface area (Å²) in [4.78, 5) is 35.2. The number of anilines is 2. The number of amides is 3. The largest absolute Gasteiger partial charge is 0.376 e. The topological polar surface area (TPSA) is 114 Å². The fraction of sp³-hybridized carbons (Fsp3) is 0.348. The van der Waals surface area contributed by atoms with Crippen molar-refractivity contribution in [1.82, 2.24) is 24.6 Å². The van der Waals surface area contributed by atoms with E-state index in [1.165, 1.54) is 17.3 Å². The van der Waals surface area contributed by atoms with E-state index in [1.54, 1.807) is 48.5 Å². The summed E-state index contributed by atoms with van der Waals surface area (Å²) in [6.45, 7) is 3.42. The predicted molar refractivity (Wildman–Crippen MR) is 122 cm³/mol. The number of hydrogen-bond acceptors (Lipinski definition) is 6. The van der Waals surface area contributed by atoms with Gasteiger partial charge in [-0.05, 0) is 55.7 Å². The zero-order valence-corrected chi connectivity index (χ0v) is 18.4. The van der Waals surface area contributed by atoms with Crippen LogP contribution in [0.2, 0.25) is 0 Å². The molecule has 0 bridgehead atoms. The van der Waals surface area contributed by atoms with E-state index in [4.69, 9.17) is 4.74 Å². The molecular formula is C23H27N7O3. The molecule has 3 aromatic rings. The van der Waals surface area contributed by atoms with E-state index in [9.17, 15) is 9.59 Å². The van der Waals surface area contributed by atoms with Crippen molar-refractivity contribution in [3.63, 3.8) is 0 Å². The molecule has 2 atom stereocenters. The second kappa shape index (κ2) is 10.7. The van der Waals surface area contributed by atoms with Gasteiger partial charge >= 0.3 is 6.03 Å². The van der Waals surface area contributed by atoms with Crippen molar-refractivity contribution in [3.05, 3.63) is 67.0 Å². The summed E-state index contributed by atoms with van der Waals surface area (Å²) in [5.74, 6) is -0.212. The maximum Gasteiger partial charge on any atom is 0.322 e. The zero-order valence-electron chi connectivity index (χ0n) is 18.4. The average molecular weight is 450 g/mol. The molecule has 3 heterocycles. The molecule has 1 aliphatic rings. The lowest BCUT2D eigenvalue weighted by molar-refractivity contribution is -0.119. The smallest absolute Gasteiger partial charge is 0.322 e. The molecule has 1 aliphatic heterocycles. The van der Waals surface area contributed by atoms with Gasteiger partial charge in [0.05, 0.1) is 6.10 Å². The molecule has 172 valence electrons. The van der Waals surface area contributed by atoms with Crippen LogP contribution in [0.4, 0.5) is 16.2 Å². The van der Waals surface area contributed by atoms with Crippen molar-refractivity contribution in [1.29, 1.82) is 0 Å². The molecule has 4 rings (SSSR count). The normalized spacial score (nSPS) is 16.2. The van der Waals surface area contributed by atoms with Crippen LogP contribution in [0.25, 0.3) is 0 Å². The van der Waals surface area contributed by atoms with Crippen LogP contribution in [-0.2, 0) is 16.1 Å². The van der Waals surface area contributed by atoms with Crippen LogP contribution in [0.1, 0.15) is 31.4 Å². The van der Waals surface area contributed by atoms with Crippen LogP contribution < -0.4 is 10.6 Å². The summed E-state index contributed by atoms with van der Waals surface area (Å²) >= 11 is 0. The van der Waals surface area contributed by atoms with Crippen molar-refractivity contribution in [2.45, 2.75) is 38.5 Å². The third-order valence-corrected chi connectivity index (χ3v) is 5.45. The Morgan fingerprint density at radius 3 is 2.61 bits per heavy atom. The van der Waals surface area contributed by atoms with Gasteiger partial charge in [0.2, 0.25) is 5.91 Å². The highest BCUT2D eigenvalue weighted by Gasteiger charge is 2.23. The number of benzene rings is 1. The Bertz CT molecular complexity index is 1040. The maximum absolute atomic E-state index is 13.0. The van der Waals surface area contributed by atoms with Gasteiger partial charge < -0.3 is 20.3 Å². The summed E-state index contributed by atoms with van der Waals surface area (Å²) < 4.78 is 7.21. The second-order valence-corrected chi connectivity index (χ2v) is 7.93. The minimum absolute atomic E-state index is 0.0389. The molecule has 0 saturated carbocycles. The fourth-order valence-corrected chi connectivity index (χ4v) is 3.59. The summed E-state index contributed by atoms with van der Waals surface area (Å²) in [6.07, 6.45) is 8.34. The molecule has 0 unspecified atom stereocenters. The van der Waals surface area contributed by atoms with E-state index >= 15 is 0 Å². The Morgan fingerprint density at radius 1 is 1.18 bits per heavy atom. The van der Waals surface area contributed by atoms with Crippen LogP contribution >= 0.6 is 0 Å². The van der Waals surface area contributed by atoms with Crippen molar-refractivity contribution < 1.29 is 14.3 Å². The van der Waals surface area contributed by atoms with E-state index in [-0.39, 0.29) is 18.0 Å². The highest BCUT2D eigenvalue weighted by Crippen LogP contribution is 2.18. The monoisotopic (exact) mass is 449 g/mol. The number of hydrogen-bond donors (Lipinski definition) is 2. The Hall–Kier alpha value is -3.79. The molecule has 1 fully saturated rings. The number of aromatic nitrogens is 4. The second-order valence-electron chi connectivity index (χ2n) is 7.93. The molecule has 0 radical (unpaired) electrons. The molecule has 1 aromatic carbocycles. The van der Waals surface area contributed by atoms with Gasteiger partial charge in [-0.2, -0.15) is 5.10 Å². The van der Waals surface area contributed by atoms with Crippen molar-refractivity contribution in [2.75, 3.05) is 23.8 Å². The van der Waals surface area contributed by atoms with Gasteiger partial charge in [0, 0.05) is 43.5 Å².